The van der Waals surface area contributed by atoms with Gasteiger partial charge in [0.15, 0.2) is 0 Å². The van der Waals surface area contributed by atoms with Crippen molar-refractivity contribution in [1.29, 1.82) is 0 Å². The molecule has 0 unspecified atom stereocenters. The molecule has 3 N–H and O–H groups in total. The van der Waals surface area contributed by atoms with Crippen LogP contribution in [-0.2, 0) is 22.7 Å². The summed E-state index contributed by atoms with van der Waals surface area (Å²) in [6, 6.07) is 19.6. The summed E-state index contributed by atoms with van der Waals surface area (Å²) >= 11 is 0. The van der Waals surface area contributed by atoms with Gasteiger partial charge in [-0.3, -0.25) is 0 Å². The van der Waals surface area contributed by atoms with Gasteiger partial charge in [-0.2, -0.15) is 0 Å². The molecule has 0 spiro atoms. The highest BCUT2D eigenvalue weighted by molar-refractivity contribution is 5.14. The number of ether oxygens (including phenoxy) is 2. The molecular weight excluding hydrogens is 344 g/mol. The summed E-state index contributed by atoms with van der Waals surface area (Å²) in [5.41, 5.74) is 2.13. The average molecular weight is 374 g/mol. The number of hydrogen-bond donors (Lipinski definition) is 3. The maximum absolute atomic E-state index is 10.0. The minimum absolute atomic E-state index is 0.155. The van der Waals surface area contributed by atoms with E-state index < -0.39 is 18.3 Å². The van der Waals surface area contributed by atoms with E-state index in [1.54, 1.807) is 0 Å². The van der Waals surface area contributed by atoms with Gasteiger partial charge < -0.3 is 24.8 Å². The van der Waals surface area contributed by atoms with Crippen LogP contribution in [0.1, 0.15) is 30.4 Å². The zero-order chi connectivity index (χ0) is 19.3. The lowest BCUT2D eigenvalue weighted by molar-refractivity contribution is -0.0136. The Bertz CT molecular complexity index is 605. The van der Waals surface area contributed by atoms with Gasteiger partial charge in [0.25, 0.3) is 0 Å². The smallest absolute Gasteiger partial charge is 0.0798 e. The van der Waals surface area contributed by atoms with Gasteiger partial charge in [0.1, 0.15) is 0 Å². The highest BCUT2D eigenvalue weighted by Crippen LogP contribution is 2.10. The first-order valence-electron chi connectivity index (χ1n) is 9.41. The maximum atomic E-state index is 10.0. The molecule has 0 aromatic heterocycles. The lowest BCUT2D eigenvalue weighted by Gasteiger charge is -2.19. The van der Waals surface area contributed by atoms with Crippen molar-refractivity contribution in [3.05, 3.63) is 71.8 Å². The highest BCUT2D eigenvalue weighted by Gasteiger charge is 2.16. The second-order valence-electron chi connectivity index (χ2n) is 6.76. The normalized spacial score (nSPS) is 14.6. The number of aliphatic hydroxyl groups is 3. The van der Waals surface area contributed by atoms with Gasteiger partial charge in [0.2, 0.25) is 0 Å². The van der Waals surface area contributed by atoms with Gasteiger partial charge in [-0.1, -0.05) is 60.7 Å². The molecule has 0 aliphatic carbocycles. The Labute approximate surface area is 161 Å². The van der Waals surface area contributed by atoms with E-state index in [4.69, 9.17) is 9.47 Å². The molecule has 0 saturated carbocycles. The van der Waals surface area contributed by atoms with Crippen LogP contribution < -0.4 is 0 Å². The molecule has 0 heterocycles. The number of hydrogen-bond acceptors (Lipinski definition) is 5. The van der Waals surface area contributed by atoms with Crippen LogP contribution in [0.25, 0.3) is 0 Å². The lowest BCUT2D eigenvalue weighted by atomic mass is 10.0. The van der Waals surface area contributed by atoms with Crippen LogP contribution in [0.5, 0.6) is 0 Å². The Hall–Kier alpha value is -1.76. The molecule has 0 saturated heterocycles. The summed E-state index contributed by atoms with van der Waals surface area (Å²) in [6.07, 6.45) is -1.35. The van der Waals surface area contributed by atoms with Gasteiger partial charge >= 0.3 is 0 Å². The van der Waals surface area contributed by atoms with Gasteiger partial charge in [-0.15, -0.1) is 0 Å². The number of rotatable bonds is 13. The van der Waals surface area contributed by atoms with Crippen LogP contribution in [0.15, 0.2) is 60.7 Å². The van der Waals surface area contributed by atoms with Gasteiger partial charge in [0, 0.05) is 13.0 Å². The first-order valence-corrected chi connectivity index (χ1v) is 9.41. The standard InChI is InChI=1S/C22H30O5/c23-20(11-12-26-15-18-7-3-1-4-8-18)13-21(24)14-22(25)17-27-16-19-9-5-2-6-10-19/h1-10,20-25H,11-17H2/t20-,21-,22-/m0/s1. The molecule has 148 valence electrons. The topological polar surface area (TPSA) is 79.2 Å². The van der Waals surface area contributed by atoms with E-state index in [0.29, 0.717) is 26.2 Å². The summed E-state index contributed by atoms with van der Waals surface area (Å²) in [4.78, 5) is 0. The van der Waals surface area contributed by atoms with Crippen molar-refractivity contribution >= 4 is 0 Å². The molecule has 5 nitrogen and oxygen atoms in total. The predicted octanol–water partition coefficient (Wildman–Crippen LogP) is 2.67. The van der Waals surface area contributed by atoms with Crippen molar-refractivity contribution in [1.82, 2.24) is 0 Å². The minimum Gasteiger partial charge on any atom is -0.393 e. The molecule has 0 fully saturated rings. The Morgan fingerprint density at radius 3 is 1.74 bits per heavy atom. The lowest BCUT2D eigenvalue weighted by Crippen LogP contribution is -2.26. The molecule has 2 rings (SSSR count). The Morgan fingerprint density at radius 2 is 1.15 bits per heavy atom. The molecule has 2 aromatic carbocycles. The van der Waals surface area contributed by atoms with E-state index in [1.807, 2.05) is 60.7 Å². The first-order chi connectivity index (χ1) is 13.1. The second-order valence-corrected chi connectivity index (χ2v) is 6.76. The molecule has 0 radical (unpaired) electrons. The summed E-state index contributed by atoms with van der Waals surface area (Å²) < 4.78 is 11.0. The van der Waals surface area contributed by atoms with Crippen molar-refractivity contribution in [3.63, 3.8) is 0 Å². The second kappa shape index (κ2) is 12.6. The van der Waals surface area contributed by atoms with E-state index >= 15 is 0 Å². The molecule has 0 aliphatic rings. The number of aliphatic hydroxyl groups excluding tert-OH is 3. The third-order valence-corrected chi connectivity index (χ3v) is 4.22. The van der Waals surface area contributed by atoms with Crippen molar-refractivity contribution in [2.24, 2.45) is 0 Å². The summed E-state index contributed by atoms with van der Waals surface area (Å²) in [5.74, 6) is 0. The van der Waals surface area contributed by atoms with Gasteiger partial charge in [0.05, 0.1) is 38.1 Å². The summed E-state index contributed by atoms with van der Waals surface area (Å²) in [5, 5.41) is 30.0. The van der Waals surface area contributed by atoms with Crippen molar-refractivity contribution in [3.8, 4) is 0 Å². The summed E-state index contributed by atoms with van der Waals surface area (Å²) in [7, 11) is 0. The van der Waals surface area contributed by atoms with Crippen LogP contribution >= 0.6 is 0 Å². The van der Waals surface area contributed by atoms with E-state index in [2.05, 4.69) is 0 Å². The van der Waals surface area contributed by atoms with Crippen LogP contribution in [0.4, 0.5) is 0 Å². The fourth-order valence-corrected chi connectivity index (χ4v) is 2.78. The van der Waals surface area contributed by atoms with Crippen molar-refractivity contribution in [2.75, 3.05) is 13.2 Å². The van der Waals surface area contributed by atoms with Gasteiger partial charge in [-0.25, -0.2) is 0 Å². The predicted molar refractivity (Wildman–Crippen MR) is 104 cm³/mol. The van der Waals surface area contributed by atoms with E-state index in [9.17, 15) is 15.3 Å². The third-order valence-electron chi connectivity index (χ3n) is 4.22. The van der Waals surface area contributed by atoms with Gasteiger partial charge in [-0.05, 0) is 24.0 Å². The Balaban J connectivity index is 1.52. The fourth-order valence-electron chi connectivity index (χ4n) is 2.78. The zero-order valence-electron chi connectivity index (χ0n) is 15.6. The molecule has 0 bridgehead atoms. The SMILES string of the molecule is O[C@H](C[C@H](O)COCc1ccccc1)C[C@@H](O)CCOCc1ccccc1. The number of benzene rings is 2. The Kier molecular flexibility index (Phi) is 10.0. The van der Waals surface area contributed by atoms with E-state index in [1.165, 1.54) is 0 Å². The average Bonchev–Trinajstić information content (AvgIpc) is 2.67. The highest BCUT2D eigenvalue weighted by atomic mass is 16.5. The quantitative estimate of drug-likeness (QED) is 0.470. The Morgan fingerprint density at radius 1 is 0.630 bits per heavy atom. The van der Waals surface area contributed by atoms with Crippen LogP contribution in [-0.4, -0.2) is 46.8 Å². The molecule has 27 heavy (non-hydrogen) atoms. The summed E-state index contributed by atoms with van der Waals surface area (Å²) in [6.45, 7) is 1.51. The monoisotopic (exact) mass is 374 g/mol. The van der Waals surface area contributed by atoms with Crippen LogP contribution in [0, 0.1) is 0 Å². The van der Waals surface area contributed by atoms with Crippen LogP contribution in [0.2, 0.25) is 0 Å². The molecule has 0 amide bonds. The maximum Gasteiger partial charge on any atom is 0.0798 e. The molecule has 3 atom stereocenters. The first kappa shape index (κ1) is 21.5. The van der Waals surface area contributed by atoms with Crippen molar-refractivity contribution in [2.45, 2.75) is 50.8 Å². The van der Waals surface area contributed by atoms with Crippen molar-refractivity contribution < 1.29 is 24.8 Å². The molecular formula is C22H30O5. The minimum atomic E-state index is -0.774. The van der Waals surface area contributed by atoms with E-state index in [0.717, 1.165) is 11.1 Å². The largest absolute Gasteiger partial charge is 0.393 e. The molecule has 5 heteroatoms. The zero-order valence-corrected chi connectivity index (χ0v) is 15.6. The van der Waals surface area contributed by atoms with E-state index in [-0.39, 0.29) is 19.4 Å². The third kappa shape index (κ3) is 9.65. The van der Waals surface area contributed by atoms with Crippen LogP contribution in [0.3, 0.4) is 0 Å². The fraction of sp³-hybridized carbons (Fsp3) is 0.455. The molecule has 0 aliphatic heterocycles. The molecule has 2 aromatic rings.